The lowest BCUT2D eigenvalue weighted by Gasteiger charge is -2.45. The van der Waals surface area contributed by atoms with Crippen LogP contribution in [-0.4, -0.2) is 37.1 Å². The van der Waals surface area contributed by atoms with Crippen molar-refractivity contribution in [2.24, 2.45) is 5.14 Å². The summed E-state index contributed by atoms with van der Waals surface area (Å²) in [6, 6.07) is 3.91. The quantitative estimate of drug-likeness (QED) is 0.586. The van der Waals surface area contributed by atoms with Crippen LogP contribution in [0, 0.1) is 10.1 Å². The normalized spacial score (nSPS) is 17.9. The van der Waals surface area contributed by atoms with E-state index in [2.05, 4.69) is 0 Å². The van der Waals surface area contributed by atoms with Crippen LogP contribution >= 0.6 is 0 Å². The van der Waals surface area contributed by atoms with Crippen LogP contribution in [0.3, 0.4) is 0 Å². The fraction of sp³-hybridized carbons (Fsp3) is 0.400. The minimum Gasteiger partial charge on any atom is -0.386 e. The Morgan fingerprint density at radius 1 is 1.47 bits per heavy atom. The second-order valence-corrected chi connectivity index (χ2v) is 6.31. The van der Waals surface area contributed by atoms with Crippen molar-refractivity contribution in [2.75, 3.05) is 18.0 Å². The van der Waals surface area contributed by atoms with Gasteiger partial charge in [0.1, 0.15) is 5.69 Å². The molecule has 0 spiro atoms. The highest BCUT2D eigenvalue weighted by molar-refractivity contribution is 7.89. The van der Waals surface area contributed by atoms with Gasteiger partial charge in [-0.1, -0.05) is 6.07 Å². The largest absolute Gasteiger partial charge is 0.386 e. The molecule has 0 unspecified atom stereocenters. The number of hydrogen-bond acceptors (Lipinski definition) is 6. The molecule has 3 N–H and O–H groups in total. The Hall–Kier alpha value is -1.71. The second kappa shape index (κ2) is 4.15. The van der Waals surface area contributed by atoms with Crippen LogP contribution in [0.4, 0.5) is 11.4 Å². The van der Waals surface area contributed by atoms with E-state index < -0.39 is 31.1 Å². The number of nitrogens with zero attached hydrogens (tertiary/aromatic N) is 2. The van der Waals surface area contributed by atoms with E-state index in [1.807, 2.05) is 0 Å². The summed E-state index contributed by atoms with van der Waals surface area (Å²) in [4.78, 5) is 11.3. The zero-order valence-corrected chi connectivity index (χ0v) is 10.9. The topological polar surface area (TPSA) is 127 Å². The van der Waals surface area contributed by atoms with E-state index in [0.29, 0.717) is 0 Å². The number of β-amino-alcohol motifs (C(OH)–C–C–N with tert-alkyl or cyclic N) is 1. The molecule has 0 aliphatic carbocycles. The molecule has 1 aromatic rings. The van der Waals surface area contributed by atoms with E-state index in [-0.39, 0.29) is 18.8 Å². The van der Waals surface area contributed by atoms with Gasteiger partial charge in [-0.25, -0.2) is 13.6 Å². The second-order valence-electron chi connectivity index (χ2n) is 4.78. The molecule has 1 aliphatic heterocycles. The first-order valence-electron chi connectivity index (χ1n) is 5.39. The smallest absolute Gasteiger partial charge is 0.312 e. The number of benzene rings is 1. The van der Waals surface area contributed by atoms with Crippen molar-refractivity contribution in [1.29, 1.82) is 0 Å². The van der Waals surface area contributed by atoms with Gasteiger partial charge in [0, 0.05) is 13.1 Å². The van der Waals surface area contributed by atoms with Gasteiger partial charge in [-0.2, -0.15) is 0 Å². The van der Waals surface area contributed by atoms with E-state index in [4.69, 9.17) is 5.14 Å². The average molecular weight is 287 g/mol. The highest BCUT2D eigenvalue weighted by Gasteiger charge is 2.40. The number of anilines is 1. The first-order valence-corrected chi connectivity index (χ1v) is 6.94. The van der Waals surface area contributed by atoms with Crippen LogP contribution in [-0.2, 0) is 10.0 Å². The Labute approximate surface area is 109 Å². The van der Waals surface area contributed by atoms with Gasteiger partial charge in [-0.15, -0.1) is 0 Å². The van der Waals surface area contributed by atoms with E-state index in [0.717, 1.165) is 6.07 Å². The fourth-order valence-electron chi connectivity index (χ4n) is 2.13. The highest BCUT2D eigenvalue weighted by Crippen LogP contribution is 2.38. The molecular weight excluding hydrogens is 274 g/mol. The van der Waals surface area contributed by atoms with E-state index in [1.165, 1.54) is 17.0 Å². The first-order chi connectivity index (χ1) is 8.62. The van der Waals surface area contributed by atoms with Gasteiger partial charge >= 0.3 is 5.69 Å². The number of nitro groups is 1. The molecule has 0 atom stereocenters. The lowest BCUT2D eigenvalue weighted by atomic mass is 9.96. The van der Waals surface area contributed by atoms with Crippen molar-refractivity contribution in [2.45, 2.75) is 17.4 Å². The molecule has 0 amide bonds. The average Bonchev–Trinajstić information content (AvgIpc) is 2.23. The summed E-state index contributed by atoms with van der Waals surface area (Å²) in [6.07, 6.45) is 0. The van der Waals surface area contributed by atoms with Crippen LogP contribution in [0.25, 0.3) is 0 Å². The van der Waals surface area contributed by atoms with E-state index in [9.17, 15) is 23.6 Å². The SMILES string of the molecule is CC1(O)CN(c2cccc(S(N)(=O)=O)c2[N+](=O)[O-])C1. The molecule has 1 fully saturated rings. The number of aliphatic hydroxyl groups is 1. The predicted molar refractivity (Wildman–Crippen MR) is 67.3 cm³/mol. The Morgan fingerprint density at radius 2 is 2.05 bits per heavy atom. The van der Waals surface area contributed by atoms with E-state index >= 15 is 0 Å². The van der Waals surface area contributed by atoms with Crippen molar-refractivity contribution in [3.8, 4) is 0 Å². The van der Waals surface area contributed by atoms with Crippen LogP contribution in [0.1, 0.15) is 6.92 Å². The molecule has 19 heavy (non-hydrogen) atoms. The maximum atomic E-state index is 11.4. The summed E-state index contributed by atoms with van der Waals surface area (Å²) in [5, 5.41) is 25.7. The van der Waals surface area contributed by atoms with Gasteiger partial charge in [0.05, 0.1) is 10.5 Å². The molecular formula is C10H13N3O5S. The van der Waals surface area contributed by atoms with Crippen LogP contribution in [0.5, 0.6) is 0 Å². The number of sulfonamides is 1. The van der Waals surface area contributed by atoms with Crippen molar-refractivity contribution >= 4 is 21.4 Å². The summed E-state index contributed by atoms with van der Waals surface area (Å²) < 4.78 is 22.7. The number of rotatable bonds is 3. The maximum Gasteiger partial charge on any atom is 0.312 e. The molecule has 1 aromatic carbocycles. The number of primary sulfonamides is 1. The fourth-order valence-corrected chi connectivity index (χ4v) is 2.84. The lowest BCUT2D eigenvalue weighted by Crippen LogP contribution is -2.60. The molecule has 8 nitrogen and oxygen atoms in total. The van der Waals surface area contributed by atoms with Gasteiger partial charge < -0.3 is 10.0 Å². The maximum absolute atomic E-state index is 11.4. The number of hydrogen-bond donors (Lipinski definition) is 2. The molecule has 9 heteroatoms. The van der Waals surface area contributed by atoms with Crippen molar-refractivity contribution in [3.05, 3.63) is 28.3 Å². The summed E-state index contributed by atoms with van der Waals surface area (Å²) in [7, 11) is -4.18. The Morgan fingerprint density at radius 3 is 2.47 bits per heavy atom. The van der Waals surface area contributed by atoms with Crippen molar-refractivity contribution < 1.29 is 18.4 Å². The lowest BCUT2D eigenvalue weighted by molar-refractivity contribution is -0.387. The van der Waals surface area contributed by atoms with Crippen molar-refractivity contribution in [3.63, 3.8) is 0 Å². The van der Waals surface area contributed by atoms with Crippen molar-refractivity contribution in [1.82, 2.24) is 0 Å². The first kappa shape index (κ1) is 13.7. The molecule has 104 valence electrons. The van der Waals surface area contributed by atoms with Gasteiger partial charge in [-0.3, -0.25) is 10.1 Å². The predicted octanol–water partition coefficient (Wildman–Crippen LogP) is -0.187. The zero-order valence-electron chi connectivity index (χ0n) is 10.1. The number of para-hydroxylation sites is 1. The molecule has 0 bridgehead atoms. The van der Waals surface area contributed by atoms with Gasteiger partial charge in [0.15, 0.2) is 4.90 Å². The summed E-state index contributed by atoms with van der Waals surface area (Å²) in [6.45, 7) is 1.99. The number of nitrogens with two attached hydrogens (primary N) is 1. The standard InChI is InChI=1S/C10H13N3O5S/c1-10(14)5-12(6-10)7-3-2-4-8(19(11,17)18)9(7)13(15)16/h2-4,14H,5-6H2,1H3,(H2,11,17,18). The molecule has 1 aliphatic rings. The third-order valence-corrected chi connectivity index (χ3v) is 3.81. The zero-order chi connectivity index (χ0) is 14.4. The summed E-state index contributed by atoms with van der Waals surface area (Å²) >= 11 is 0. The monoisotopic (exact) mass is 287 g/mol. The summed E-state index contributed by atoms with van der Waals surface area (Å²) in [5.74, 6) is 0. The number of nitro benzene ring substituents is 1. The molecule has 2 rings (SSSR count). The Bertz CT molecular complexity index is 633. The molecule has 0 saturated carbocycles. The van der Waals surface area contributed by atoms with Crippen LogP contribution < -0.4 is 10.0 Å². The van der Waals surface area contributed by atoms with Gasteiger partial charge in [0.25, 0.3) is 0 Å². The molecule has 0 radical (unpaired) electrons. The van der Waals surface area contributed by atoms with Gasteiger partial charge in [-0.05, 0) is 19.1 Å². The molecule has 1 heterocycles. The minimum atomic E-state index is -4.18. The Balaban J connectivity index is 2.54. The third kappa shape index (κ3) is 2.53. The highest BCUT2D eigenvalue weighted by atomic mass is 32.2. The third-order valence-electron chi connectivity index (χ3n) is 2.87. The molecule has 1 saturated heterocycles. The molecule has 0 aromatic heterocycles. The summed E-state index contributed by atoms with van der Waals surface area (Å²) in [5.41, 5.74) is -1.34. The Kier molecular flexibility index (Phi) is 3.00. The van der Waals surface area contributed by atoms with Crippen LogP contribution in [0.2, 0.25) is 0 Å². The van der Waals surface area contributed by atoms with E-state index in [1.54, 1.807) is 6.92 Å². The minimum absolute atomic E-state index is 0.142. The van der Waals surface area contributed by atoms with Gasteiger partial charge in [0.2, 0.25) is 10.0 Å². The van der Waals surface area contributed by atoms with Crippen LogP contribution in [0.15, 0.2) is 23.1 Å².